The number of piperidine rings is 2. The molecule has 19 heavy (non-hydrogen) atoms. The smallest absolute Gasteiger partial charge is 0.0598 e. The minimum atomic E-state index is 0.722. The molecule has 0 unspecified atom stereocenters. The van der Waals surface area contributed by atoms with E-state index in [9.17, 15) is 0 Å². The van der Waals surface area contributed by atoms with E-state index in [1.165, 1.54) is 51.7 Å². The van der Waals surface area contributed by atoms with Gasteiger partial charge in [-0.25, -0.2) is 0 Å². The maximum atomic E-state index is 5.36. The van der Waals surface area contributed by atoms with Crippen LogP contribution in [0.15, 0.2) is 0 Å². The van der Waals surface area contributed by atoms with Crippen LogP contribution in [-0.4, -0.2) is 62.2 Å². The summed E-state index contributed by atoms with van der Waals surface area (Å²) in [6.07, 6.45) is 12.0. The Hall–Kier alpha value is -0.560. The minimum absolute atomic E-state index is 0.722. The Morgan fingerprint density at radius 3 is 2.42 bits per heavy atom. The van der Waals surface area contributed by atoms with Gasteiger partial charge in [-0.05, 0) is 64.7 Å². The quantitative estimate of drug-likeness (QED) is 0.757. The summed E-state index contributed by atoms with van der Waals surface area (Å²) < 4.78 is 0. The molecule has 3 nitrogen and oxygen atoms in total. The summed E-state index contributed by atoms with van der Waals surface area (Å²) in [5.74, 6) is 3.69. The number of likely N-dealkylation sites (tertiary alicyclic amines) is 2. The van der Waals surface area contributed by atoms with Crippen molar-refractivity contribution in [3.63, 3.8) is 0 Å². The number of nitrogens with zero attached hydrogens (tertiary/aromatic N) is 2. The average molecular weight is 263 g/mol. The lowest BCUT2D eigenvalue weighted by Crippen LogP contribution is -2.43. The van der Waals surface area contributed by atoms with E-state index < -0.39 is 0 Å². The zero-order valence-electron chi connectivity index (χ0n) is 12.4. The van der Waals surface area contributed by atoms with Crippen molar-refractivity contribution in [1.29, 1.82) is 0 Å². The number of terminal acetylenes is 1. The van der Waals surface area contributed by atoms with Gasteiger partial charge < -0.3 is 10.2 Å². The number of nitrogens with one attached hydrogen (secondary N) is 1. The van der Waals surface area contributed by atoms with Gasteiger partial charge in [-0.2, -0.15) is 0 Å². The molecule has 0 atom stereocenters. The summed E-state index contributed by atoms with van der Waals surface area (Å²) in [7, 11) is 2.23. The van der Waals surface area contributed by atoms with Crippen LogP contribution in [0.1, 0.15) is 32.1 Å². The first-order chi connectivity index (χ1) is 9.28. The minimum Gasteiger partial charge on any atom is -0.314 e. The largest absolute Gasteiger partial charge is 0.314 e. The molecule has 0 saturated carbocycles. The molecule has 0 aliphatic carbocycles. The molecular weight excluding hydrogens is 234 g/mol. The van der Waals surface area contributed by atoms with Gasteiger partial charge in [0.25, 0.3) is 0 Å². The Morgan fingerprint density at radius 1 is 1.11 bits per heavy atom. The SMILES string of the molecule is C#CCN1CCC(NCCC2CCN(C)CC2)CC1. The second-order valence-corrected chi connectivity index (χ2v) is 6.24. The van der Waals surface area contributed by atoms with Gasteiger partial charge in [0.05, 0.1) is 6.54 Å². The summed E-state index contributed by atoms with van der Waals surface area (Å²) in [5, 5.41) is 3.75. The molecule has 2 saturated heterocycles. The predicted octanol–water partition coefficient (Wildman–Crippen LogP) is 1.41. The standard InChI is InChI=1S/C16H29N3/c1-3-10-19-13-7-16(8-14-19)17-9-4-15-5-11-18(2)12-6-15/h1,15-17H,4-14H2,2H3. The van der Waals surface area contributed by atoms with Crippen LogP contribution >= 0.6 is 0 Å². The van der Waals surface area contributed by atoms with Gasteiger partial charge >= 0.3 is 0 Å². The Labute approximate surface area is 118 Å². The van der Waals surface area contributed by atoms with E-state index in [-0.39, 0.29) is 0 Å². The second kappa shape index (κ2) is 7.89. The van der Waals surface area contributed by atoms with Crippen LogP contribution in [0.25, 0.3) is 0 Å². The fourth-order valence-electron chi connectivity index (χ4n) is 3.27. The number of rotatable bonds is 5. The molecule has 0 spiro atoms. The van der Waals surface area contributed by atoms with E-state index in [2.05, 4.69) is 28.1 Å². The van der Waals surface area contributed by atoms with Gasteiger partial charge in [0.1, 0.15) is 0 Å². The van der Waals surface area contributed by atoms with E-state index in [4.69, 9.17) is 6.42 Å². The molecule has 0 aromatic heterocycles. The van der Waals surface area contributed by atoms with E-state index in [0.29, 0.717) is 0 Å². The highest BCUT2D eigenvalue weighted by Gasteiger charge is 2.19. The first-order valence-corrected chi connectivity index (χ1v) is 7.85. The molecule has 2 rings (SSSR count). The zero-order chi connectivity index (χ0) is 13.5. The summed E-state index contributed by atoms with van der Waals surface area (Å²) in [4.78, 5) is 4.83. The highest BCUT2D eigenvalue weighted by Crippen LogP contribution is 2.19. The van der Waals surface area contributed by atoms with Crippen molar-refractivity contribution in [2.24, 2.45) is 5.92 Å². The fraction of sp³-hybridized carbons (Fsp3) is 0.875. The first-order valence-electron chi connectivity index (χ1n) is 7.85. The molecule has 108 valence electrons. The van der Waals surface area contributed by atoms with Crippen LogP contribution in [0.4, 0.5) is 0 Å². The maximum absolute atomic E-state index is 5.36. The van der Waals surface area contributed by atoms with E-state index >= 15 is 0 Å². The van der Waals surface area contributed by atoms with Crippen LogP contribution in [-0.2, 0) is 0 Å². The molecule has 0 aromatic rings. The Bertz CT molecular complexity index is 281. The van der Waals surface area contributed by atoms with Gasteiger partial charge in [0.2, 0.25) is 0 Å². The molecule has 1 N–H and O–H groups in total. The summed E-state index contributed by atoms with van der Waals surface area (Å²) in [6, 6.07) is 0.722. The van der Waals surface area contributed by atoms with Gasteiger partial charge in [-0.1, -0.05) is 5.92 Å². The lowest BCUT2D eigenvalue weighted by atomic mass is 9.93. The lowest BCUT2D eigenvalue weighted by molar-refractivity contribution is 0.198. The van der Waals surface area contributed by atoms with Gasteiger partial charge in [0, 0.05) is 19.1 Å². The topological polar surface area (TPSA) is 18.5 Å². The molecule has 0 aromatic carbocycles. The van der Waals surface area contributed by atoms with Crippen LogP contribution in [0.2, 0.25) is 0 Å². The Balaban J connectivity index is 1.53. The molecule has 0 radical (unpaired) electrons. The highest BCUT2D eigenvalue weighted by atomic mass is 15.1. The van der Waals surface area contributed by atoms with Crippen LogP contribution in [0.3, 0.4) is 0 Å². The van der Waals surface area contributed by atoms with Crippen molar-refractivity contribution in [2.75, 3.05) is 46.3 Å². The Kier molecular flexibility index (Phi) is 6.16. The van der Waals surface area contributed by atoms with Crippen molar-refractivity contribution < 1.29 is 0 Å². The summed E-state index contributed by atoms with van der Waals surface area (Å²) >= 11 is 0. The molecule has 0 bridgehead atoms. The van der Waals surface area contributed by atoms with E-state index in [0.717, 1.165) is 31.6 Å². The van der Waals surface area contributed by atoms with Gasteiger partial charge in [0.15, 0.2) is 0 Å². The molecule has 3 heteroatoms. The average Bonchev–Trinajstić information content (AvgIpc) is 2.43. The van der Waals surface area contributed by atoms with Crippen LogP contribution in [0.5, 0.6) is 0 Å². The Morgan fingerprint density at radius 2 is 1.79 bits per heavy atom. The molecule has 2 aliphatic heterocycles. The molecule has 2 aliphatic rings. The fourth-order valence-corrected chi connectivity index (χ4v) is 3.27. The summed E-state index contributed by atoms with van der Waals surface area (Å²) in [5.41, 5.74) is 0. The number of hydrogen-bond donors (Lipinski definition) is 1. The van der Waals surface area contributed by atoms with Gasteiger partial charge in [-0.15, -0.1) is 6.42 Å². The van der Waals surface area contributed by atoms with Crippen molar-refractivity contribution in [2.45, 2.75) is 38.1 Å². The normalized spacial score (nSPS) is 24.4. The van der Waals surface area contributed by atoms with Crippen molar-refractivity contribution >= 4 is 0 Å². The van der Waals surface area contributed by atoms with E-state index in [1.54, 1.807) is 0 Å². The first kappa shape index (κ1) is 14.8. The number of hydrogen-bond acceptors (Lipinski definition) is 3. The lowest BCUT2D eigenvalue weighted by Gasteiger charge is -2.32. The van der Waals surface area contributed by atoms with Crippen molar-refractivity contribution in [3.8, 4) is 12.3 Å². The van der Waals surface area contributed by atoms with Crippen LogP contribution in [0, 0.1) is 18.3 Å². The van der Waals surface area contributed by atoms with Gasteiger partial charge in [-0.3, -0.25) is 4.90 Å². The third-order valence-corrected chi connectivity index (χ3v) is 4.73. The zero-order valence-corrected chi connectivity index (χ0v) is 12.4. The molecule has 2 fully saturated rings. The molecular formula is C16H29N3. The third-order valence-electron chi connectivity index (χ3n) is 4.73. The molecule has 2 heterocycles. The monoisotopic (exact) mass is 263 g/mol. The van der Waals surface area contributed by atoms with E-state index in [1.807, 2.05) is 0 Å². The summed E-state index contributed by atoms with van der Waals surface area (Å²) in [6.45, 7) is 6.92. The second-order valence-electron chi connectivity index (χ2n) is 6.24. The van der Waals surface area contributed by atoms with Crippen LogP contribution < -0.4 is 5.32 Å². The third kappa shape index (κ3) is 5.14. The maximum Gasteiger partial charge on any atom is 0.0598 e. The van der Waals surface area contributed by atoms with Crippen molar-refractivity contribution in [1.82, 2.24) is 15.1 Å². The predicted molar refractivity (Wildman–Crippen MR) is 81.1 cm³/mol. The van der Waals surface area contributed by atoms with Crippen molar-refractivity contribution in [3.05, 3.63) is 0 Å². The molecule has 0 amide bonds. The highest BCUT2D eigenvalue weighted by molar-refractivity contribution is 4.90.